The van der Waals surface area contributed by atoms with Crippen LogP contribution in [-0.2, 0) is 0 Å². The molecular weight excluding hydrogens is 336 g/mol. The van der Waals surface area contributed by atoms with E-state index in [1.165, 1.54) is 18.4 Å². The zero-order chi connectivity index (χ0) is 14.5. The number of hydrogen-bond acceptors (Lipinski definition) is 2. The molecule has 0 aliphatic carbocycles. The molecule has 0 unspecified atom stereocenters. The molecule has 110 valence electrons. The smallest absolute Gasteiger partial charge is 0.0593 e. The maximum absolute atomic E-state index is 6.12. The lowest BCUT2D eigenvalue weighted by Crippen LogP contribution is -2.39. The van der Waals surface area contributed by atoms with Crippen LogP contribution in [-0.4, -0.2) is 30.6 Å². The molecule has 1 saturated heterocycles. The van der Waals surface area contributed by atoms with E-state index in [-0.39, 0.29) is 0 Å². The number of hydrogen-bond donors (Lipinski definition) is 1. The summed E-state index contributed by atoms with van der Waals surface area (Å²) in [6, 6.07) is 6.50. The molecule has 0 bridgehead atoms. The molecular formula is C16H22BrClN2. The molecule has 0 spiro atoms. The Morgan fingerprint density at radius 3 is 2.75 bits per heavy atom. The van der Waals surface area contributed by atoms with E-state index in [4.69, 9.17) is 11.6 Å². The molecule has 0 radical (unpaired) electrons. The number of anilines is 1. The van der Waals surface area contributed by atoms with Crippen molar-refractivity contribution in [3.05, 3.63) is 39.3 Å². The predicted octanol–water partition coefficient (Wildman–Crippen LogP) is 4.95. The lowest BCUT2D eigenvalue weighted by Gasteiger charge is -2.32. The average Bonchev–Trinajstić information content (AvgIpc) is 2.43. The van der Waals surface area contributed by atoms with Crippen LogP contribution in [0.5, 0.6) is 0 Å². The number of likely N-dealkylation sites (tertiary alicyclic amines) is 1. The predicted molar refractivity (Wildman–Crippen MR) is 91.7 cm³/mol. The fourth-order valence-electron chi connectivity index (χ4n) is 2.41. The zero-order valence-electron chi connectivity index (χ0n) is 12.1. The Labute approximate surface area is 135 Å². The maximum Gasteiger partial charge on any atom is 0.0593 e. The van der Waals surface area contributed by atoms with Gasteiger partial charge in [0.1, 0.15) is 0 Å². The van der Waals surface area contributed by atoms with Crippen LogP contribution in [0, 0.1) is 0 Å². The first-order chi connectivity index (χ1) is 9.56. The minimum absolute atomic E-state index is 0.535. The highest BCUT2D eigenvalue weighted by atomic mass is 79.9. The Balaban J connectivity index is 1.85. The monoisotopic (exact) mass is 356 g/mol. The van der Waals surface area contributed by atoms with E-state index in [1.807, 2.05) is 12.1 Å². The molecule has 0 amide bonds. The second kappa shape index (κ2) is 7.48. The molecule has 1 fully saturated rings. The van der Waals surface area contributed by atoms with Crippen molar-refractivity contribution in [1.82, 2.24) is 4.90 Å². The fraction of sp³-hybridized carbons (Fsp3) is 0.500. The van der Waals surface area contributed by atoms with E-state index in [0.717, 1.165) is 34.8 Å². The summed E-state index contributed by atoms with van der Waals surface area (Å²) in [5.74, 6) is 0. The molecule has 0 aromatic heterocycles. The van der Waals surface area contributed by atoms with Crippen molar-refractivity contribution in [2.45, 2.75) is 32.7 Å². The van der Waals surface area contributed by atoms with Gasteiger partial charge in [0, 0.05) is 25.7 Å². The van der Waals surface area contributed by atoms with Gasteiger partial charge in [0.25, 0.3) is 0 Å². The SMILES string of the molecule is CC(C)=CCN1CCC(Nc2cccc(Cl)c2Br)CC1. The van der Waals surface area contributed by atoms with Crippen LogP contribution in [0.2, 0.25) is 5.02 Å². The first-order valence-electron chi connectivity index (χ1n) is 7.12. The van der Waals surface area contributed by atoms with Crippen molar-refractivity contribution in [2.75, 3.05) is 25.0 Å². The van der Waals surface area contributed by atoms with Crippen molar-refractivity contribution in [2.24, 2.45) is 0 Å². The third kappa shape index (κ3) is 4.51. The summed E-state index contributed by atoms with van der Waals surface area (Å²) >= 11 is 9.67. The topological polar surface area (TPSA) is 15.3 Å². The molecule has 1 aromatic rings. The summed E-state index contributed by atoms with van der Waals surface area (Å²) in [7, 11) is 0. The Hall–Kier alpha value is -0.510. The van der Waals surface area contributed by atoms with Gasteiger partial charge in [-0.25, -0.2) is 0 Å². The van der Waals surface area contributed by atoms with Gasteiger partial charge in [0.15, 0.2) is 0 Å². The highest BCUT2D eigenvalue weighted by Gasteiger charge is 2.19. The number of benzene rings is 1. The molecule has 2 rings (SSSR count). The second-order valence-electron chi connectivity index (χ2n) is 5.60. The van der Waals surface area contributed by atoms with Crippen molar-refractivity contribution >= 4 is 33.2 Å². The first kappa shape index (κ1) is 15.9. The quantitative estimate of drug-likeness (QED) is 0.767. The van der Waals surface area contributed by atoms with Crippen LogP contribution in [0.1, 0.15) is 26.7 Å². The number of halogens is 2. The highest BCUT2D eigenvalue weighted by molar-refractivity contribution is 9.10. The Morgan fingerprint density at radius 2 is 2.10 bits per heavy atom. The normalized spacial score (nSPS) is 17.0. The molecule has 4 heteroatoms. The van der Waals surface area contributed by atoms with Gasteiger partial charge in [-0.15, -0.1) is 0 Å². The second-order valence-corrected chi connectivity index (χ2v) is 6.80. The fourth-order valence-corrected chi connectivity index (χ4v) is 2.96. The Kier molecular flexibility index (Phi) is 5.94. The largest absolute Gasteiger partial charge is 0.381 e. The average molecular weight is 358 g/mol. The van der Waals surface area contributed by atoms with Gasteiger partial charge >= 0.3 is 0 Å². The van der Waals surface area contributed by atoms with E-state index in [0.29, 0.717) is 6.04 Å². The summed E-state index contributed by atoms with van der Waals surface area (Å²) in [5.41, 5.74) is 2.49. The minimum atomic E-state index is 0.535. The molecule has 1 aromatic carbocycles. The van der Waals surface area contributed by atoms with E-state index in [9.17, 15) is 0 Å². The zero-order valence-corrected chi connectivity index (χ0v) is 14.5. The van der Waals surface area contributed by atoms with Crippen LogP contribution in [0.3, 0.4) is 0 Å². The number of allylic oxidation sites excluding steroid dienone is 1. The molecule has 0 saturated carbocycles. The number of nitrogens with zero attached hydrogens (tertiary/aromatic N) is 1. The van der Waals surface area contributed by atoms with Gasteiger partial charge < -0.3 is 5.32 Å². The lowest BCUT2D eigenvalue weighted by molar-refractivity contribution is 0.240. The molecule has 20 heavy (non-hydrogen) atoms. The molecule has 1 aliphatic rings. The van der Waals surface area contributed by atoms with Crippen LogP contribution in [0.25, 0.3) is 0 Å². The van der Waals surface area contributed by atoms with Crippen LogP contribution in [0.15, 0.2) is 34.3 Å². The molecule has 0 atom stereocenters. The summed E-state index contributed by atoms with van der Waals surface area (Å²) < 4.78 is 0.966. The van der Waals surface area contributed by atoms with E-state index < -0.39 is 0 Å². The number of rotatable bonds is 4. The van der Waals surface area contributed by atoms with E-state index in [2.05, 4.69) is 52.1 Å². The molecule has 1 heterocycles. The third-order valence-corrected chi connectivity index (χ3v) is 5.05. The number of nitrogens with one attached hydrogen (secondary N) is 1. The summed E-state index contributed by atoms with van der Waals surface area (Å²) in [4.78, 5) is 2.51. The molecule has 1 N–H and O–H groups in total. The summed E-state index contributed by atoms with van der Waals surface area (Å²) in [6.45, 7) is 7.70. The van der Waals surface area contributed by atoms with Crippen molar-refractivity contribution in [3.63, 3.8) is 0 Å². The van der Waals surface area contributed by atoms with Gasteiger partial charge in [-0.3, -0.25) is 4.90 Å². The van der Waals surface area contributed by atoms with Gasteiger partial charge in [0.05, 0.1) is 15.2 Å². The summed E-state index contributed by atoms with van der Waals surface area (Å²) in [5, 5.41) is 4.36. The van der Waals surface area contributed by atoms with Gasteiger partial charge in [0.2, 0.25) is 0 Å². The standard InChI is InChI=1S/C16H22BrClN2/c1-12(2)6-9-20-10-7-13(8-11-20)19-15-5-3-4-14(18)16(15)17/h3-6,13,19H,7-11H2,1-2H3. The Bertz CT molecular complexity index is 475. The van der Waals surface area contributed by atoms with E-state index >= 15 is 0 Å². The molecule has 2 nitrogen and oxygen atoms in total. The van der Waals surface area contributed by atoms with Crippen molar-refractivity contribution in [3.8, 4) is 0 Å². The molecule has 1 aliphatic heterocycles. The maximum atomic E-state index is 6.12. The first-order valence-corrected chi connectivity index (χ1v) is 8.29. The van der Waals surface area contributed by atoms with Crippen molar-refractivity contribution < 1.29 is 0 Å². The van der Waals surface area contributed by atoms with E-state index in [1.54, 1.807) is 0 Å². The van der Waals surface area contributed by atoms with Gasteiger partial charge in [-0.2, -0.15) is 0 Å². The number of piperidine rings is 1. The lowest BCUT2D eigenvalue weighted by atomic mass is 10.0. The highest BCUT2D eigenvalue weighted by Crippen LogP contribution is 2.31. The van der Waals surface area contributed by atoms with Gasteiger partial charge in [-0.1, -0.05) is 29.3 Å². The van der Waals surface area contributed by atoms with Crippen LogP contribution < -0.4 is 5.32 Å². The third-order valence-electron chi connectivity index (χ3n) is 3.66. The Morgan fingerprint density at radius 1 is 1.40 bits per heavy atom. The van der Waals surface area contributed by atoms with Crippen LogP contribution in [0.4, 0.5) is 5.69 Å². The van der Waals surface area contributed by atoms with Crippen LogP contribution >= 0.6 is 27.5 Å². The van der Waals surface area contributed by atoms with Gasteiger partial charge in [-0.05, 0) is 54.8 Å². The van der Waals surface area contributed by atoms with Crippen molar-refractivity contribution in [1.29, 1.82) is 0 Å². The summed E-state index contributed by atoms with van der Waals surface area (Å²) in [6.07, 6.45) is 4.66. The minimum Gasteiger partial charge on any atom is -0.381 e.